The number of ether oxygens (including phenoxy) is 3. The van der Waals surface area contributed by atoms with E-state index < -0.39 is 5.97 Å². The number of aliphatic carboxylic acids is 1. The number of nitrogens with one attached hydrogen (secondary N) is 2. The normalized spacial score (nSPS) is 10.7. The summed E-state index contributed by atoms with van der Waals surface area (Å²) in [6.45, 7) is 1.98. The number of carbonyl (C=O) groups excluding carboxylic acids is 3. The molecule has 0 aliphatic carbocycles. The highest BCUT2D eigenvalue weighted by atomic mass is 16.5. The lowest BCUT2D eigenvalue weighted by atomic mass is 10.2. The van der Waals surface area contributed by atoms with Gasteiger partial charge >= 0.3 is 5.97 Å². The summed E-state index contributed by atoms with van der Waals surface area (Å²) in [6.07, 6.45) is 2.20. The Kier molecular flexibility index (Phi) is 19.1. The molecule has 30 heavy (non-hydrogen) atoms. The second-order valence-corrected chi connectivity index (χ2v) is 6.45. The van der Waals surface area contributed by atoms with E-state index in [4.69, 9.17) is 24.5 Å². The van der Waals surface area contributed by atoms with Crippen LogP contribution in [0.5, 0.6) is 0 Å². The third-order valence-electron chi connectivity index (χ3n) is 3.79. The zero-order valence-corrected chi connectivity index (χ0v) is 17.4. The molecule has 4 N–H and O–H groups in total. The number of carboxylic acid groups (broad SMARTS) is 1. The second kappa shape index (κ2) is 20.4. The maximum absolute atomic E-state index is 11.6. The number of carboxylic acids is 1. The Bertz CT molecular complexity index is 500. The molecule has 1 amide bonds. The van der Waals surface area contributed by atoms with Gasteiger partial charge in [-0.15, -0.1) is 0 Å². The summed E-state index contributed by atoms with van der Waals surface area (Å²) in [5.74, 6) is -1.14. The number of hydrogen-bond donors (Lipinski definition) is 4. The summed E-state index contributed by atoms with van der Waals surface area (Å²) in [5, 5.41) is 19.5. The highest BCUT2D eigenvalue weighted by molar-refractivity contribution is 5.80. The minimum absolute atomic E-state index is 0.0439. The van der Waals surface area contributed by atoms with Gasteiger partial charge in [-0.3, -0.25) is 19.2 Å². The highest BCUT2D eigenvalue weighted by Crippen LogP contribution is 1.97. The van der Waals surface area contributed by atoms with Gasteiger partial charge in [0.05, 0.1) is 39.4 Å². The molecule has 0 aromatic carbocycles. The number of ketones is 2. The molecule has 0 aliphatic rings. The van der Waals surface area contributed by atoms with E-state index in [2.05, 4.69) is 5.32 Å². The zero-order valence-electron chi connectivity index (χ0n) is 17.4. The minimum Gasteiger partial charge on any atom is -0.481 e. The van der Waals surface area contributed by atoms with E-state index in [1.54, 1.807) is 5.48 Å². The summed E-state index contributed by atoms with van der Waals surface area (Å²) in [5.41, 5.74) is 1.80. The quantitative estimate of drug-likeness (QED) is 0.136. The number of amides is 1. The first-order valence-corrected chi connectivity index (χ1v) is 10.1. The van der Waals surface area contributed by atoms with Crippen LogP contribution in [-0.2, 0) is 33.4 Å². The fourth-order valence-electron chi connectivity index (χ4n) is 2.21. The van der Waals surface area contributed by atoms with Crippen molar-refractivity contribution in [1.29, 1.82) is 0 Å². The molecule has 0 spiro atoms. The first kappa shape index (κ1) is 28.1. The Hall–Kier alpha value is -1.92. The molecule has 0 heterocycles. The molecular formula is C19H34N2O9. The fourth-order valence-corrected chi connectivity index (χ4v) is 2.21. The lowest BCUT2D eigenvalue weighted by molar-refractivity contribution is -0.138. The van der Waals surface area contributed by atoms with Crippen LogP contribution in [0, 0.1) is 0 Å². The fraction of sp³-hybridized carbons (Fsp3) is 0.789. The van der Waals surface area contributed by atoms with Crippen LogP contribution in [0.15, 0.2) is 0 Å². The summed E-state index contributed by atoms with van der Waals surface area (Å²) < 4.78 is 15.7. The van der Waals surface area contributed by atoms with E-state index >= 15 is 0 Å². The smallest absolute Gasteiger partial charge is 0.305 e. The average molecular weight is 434 g/mol. The van der Waals surface area contributed by atoms with Gasteiger partial charge in [-0.25, -0.2) is 0 Å². The van der Waals surface area contributed by atoms with Gasteiger partial charge in [0, 0.05) is 45.4 Å². The molecule has 0 aromatic heterocycles. The molecule has 0 atom stereocenters. The van der Waals surface area contributed by atoms with Gasteiger partial charge in [0.1, 0.15) is 11.6 Å². The Morgan fingerprint density at radius 2 is 1.23 bits per heavy atom. The lowest BCUT2D eigenvalue weighted by Gasteiger charge is -2.07. The van der Waals surface area contributed by atoms with Crippen molar-refractivity contribution in [3.8, 4) is 0 Å². The molecule has 174 valence electrons. The van der Waals surface area contributed by atoms with Crippen molar-refractivity contribution in [2.24, 2.45) is 0 Å². The predicted molar refractivity (Wildman–Crippen MR) is 105 cm³/mol. The summed E-state index contributed by atoms with van der Waals surface area (Å²) in [4.78, 5) is 44.7. The van der Waals surface area contributed by atoms with Crippen LogP contribution in [-0.4, -0.2) is 86.5 Å². The first-order chi connectivity index (χ1) is 14.5. The van der Waals surface area contributed by atoms with Crippen molar-refractivity contribution in [2.45, 2.75) is 44.9 Å². The molecule has 0 unspecified atom stereocenters. The van der Waals surface area contributed by atoms with Crippen molar-refractivity contribution < 1.29 is 43.7 Å². The Morgan fingerprint density at radius 3 is 1.87 bits per heavy atom. The van der Waals surface area contributed by atoms with Gasteiger partial charge in [0.15, 0.2) is 0 Å². The van der Waals surface area contributed by atoms with Crippen LogP contribution in [0.4, 0.5) is 0 Å². The van der Waals surface area contributed by atoms with E-state index in [1.807, 2.05) is 0 Å². The third-order valence-corrected chi connectivity index (χ3v) is 3.79. The SMILES string of the molecule is O=C(O)CCOCCCC(=O)CCOCCNC(=O)CCOCCCC(=O)CNO. The molecule has 11 heteroatoms. The summed E-state index contributed by atoms with van der Waals surface area (Å²) in [6, 6.07) is 0. The first-order valence-electron chi connectivity index (χ1n) is 10.1. The van der Waals surface area contributed by atoms with E-state index in [9.17, 15) is 19.2 Å². The summed E-state index contributed by atoms with van der Waals surface area (Å²) in [7, 11) is 0. The topological polar surface area (TPSA) is 160 Å². The minimum atomic E-state index is -0.911. The van der Waals surface area contributed by atoms with Crippen molar-refractivity contribution in [3.05, 3.63) is 0 Å². The van der Waals surface area contributed by atoms with Crippen LogP contribution in [0.25, 0.3) is 0 Å². The number of rotatable bonds is 22. The molecule has 0 radical (unpaired) electrons. The molecule has 0 saturated heterocycles. The number of hydroxylamine groups is 1. The molecule has 0 bridgehead atoms. The van der Waals surface area contributed by atoms with Crippen molar-refractivity contribution in [2.75, 3.05) is 52.7 Å². The van der Waals surface area contributed by atoms with Gasteiger partial charge in [0.2, 0.25) is 5.91 Å². The number of carbonyl (C=O) groups is 4. The Labute approximate surface area is 176 Å². The van der Waals surface area contributed by atoms with Gasteiger partial charge in [-0.2, -0.15) is 5.48 Å². The second-order valence-electron chi connectivity index (χ2n) is 6.45. The van der Waals surface area contributed by atoms with Crippen molar-refractivity contribution in [3.63, 3.8) is 0 Å². The van der Waals surface area contributed by atoms with Crippen LogP contribution >= 0.6 is 0 Å². The van der Waals surface area contributed by atoms with E-state index in [-0.39, 0.29) is 63.1 Å². The molecular weight excluding hydrogens is 400 g/mol. The molecule has 0 saturated carbocycles. The summed E-state index contributed by atoms with van der Waals surface area (Å²) >= 11 is 0. The Balaban J connectivity index is 3.36. The van der Waals surface area contributed by atoms with Crippen LogP contribution in [0.2, 0.25) is 0 Å². The van der Waals surface area contributed by atoms with Crippen LogP contribution in [0.1, 0.15) is 44.9 Å². The van der Waals surface area contributed by atoms with Gasteiger partial charge in [0.25, 0.3) is 0 Å². The van der Waals surface area contributed by atoms with Crippen LogP contribution in [0.3, 0.4) is 0 Å². The maximum atomic E-state index is 11.6. The van der Waals surface area contributed by atoms with E-state index in [0.29, 0.717) is 52.0 Å². The average Bonchev–Trinajstić information content (AvgIpc) is 2.69. The largest absolute Gasteiger partial charge is 0.481 e. The van der Waals surface area contributed by atoms with Gasteiger partial charge in [-0.1, -0.05) is 0 Å². The van der Waals surface area contributed by atoms with Gasteiger partial charge in [-0.05, 0) is 12.8 Å². The predicted octanol–water partition coefficient (Wildman–Crippen LogP) is 0.0847. The zero-order chi connectivity index (χ0) is 22.5. The molecule has 0 fully saturated rings. The van der Waals surface area contributed by atoms with Gasteiger partial charge < -0.3 is 29.8 Å². The van der Waals surface area contributed by atoms with E-state index in [0.717, 1.165) is 0 Å². The van der Waals surface area contributed by atoms with Crippen molar-refractivity contribution >= 4 is 23.4 Å². The monoisotopic (exact) mass is 434 g/mol. The third kappa shape index (κ3) is 20.8. The maximum Gasteiger partial charge on any atom is 0.305 e. The number of Topliss-reactive ketones (excluding diaryl/α,β-unsaturated/α-hetero) is 2. The lowest BCUT2D eigenvalue weighted by Crippen LogP contribution is -2.28. The highest BCUT2D eigenvalue weighted by Gasteiger charge is 2.04. The van der Waals surface area contributed by atoms with Crippen molar-refractivity contribution in [1.82, 2.24) is 10.8 Å². The van der Waals surface area contributed by atoms with E-state index in [1.165, 1.54) is 0 Å². The molecule has 0 aromatic rings. The molecule has 0 rings (SSSR count). The number of hydrogen-bond acceptors (Lipinski definition) is 9. The molecule has 0 aliphatic heterocycles. The van der Waals surface area contributed by atoms with Crippen LogP contribution < -0.4 is 10.8 Å². The Morgan fingerprint density at radius 1 is 0.667 bits per heavy atom. The standard InChI is InChI=1S/C19H34N2O9/c22-16(3-1-9-29-13-7-19(25)26)5-11-30-14-8-20-18(24)6-12-28-10-2-4-17(23)15-21-27/h21,27H,1-15H2,(H,20,24)(H,25,26). The molecule has 11 nitrogen and oxygen atoms in total.